The molecular weight excluding hydrogens is 366 g/mol. The number of benzene rings is 2. The third-order valence-corrected chi connectivity index (χ3v) is 5.10. The van der Waals surface area contributed by atoms with Gasteiger partial charge in [-0.2, -0.15) is 0 Å². The van der Waals surface area contributed by atoms with Crippen molar-refractivity contribution < 1.29 is 18.9 Å². The molecule has 0 N–H and O–H groups in total. The van der Waals surface area contributed by atoms with E-state index in [1.165, 1.54) is 5.56 Å². The first-order valence-electron chi connectivity index (χ1n) is 10.5. The molecule has 0 fully saturated rings. The molecule has 5 heteroatoms. The number of hydrogen-bond acceptors (Lipinski definition) is 5. The zero-order chi connectivity index (χ0) is 20.3. The molecule has 3 rings (SSSR count). The fraction of sp³-hybridized carbons (Fsp3) is 0.500. The van der Waals surface area contributed by atoms with Gasteiger partial charge in [-0.3, -0.25) is 4.90 Å². The van der Waals surface area contributed by atoms with E-state index in [1.807, 2.05) is 24.3 Å². The number of ether oxygens (including phenoxy) is 4. The maximum absolute atomic E-state index is 6.02. The van der Waals surface area contributed by atoms with Crippen molar-refractivity contribution >= 4 is 0 Å². The monoisotopic (exact) mass is 399 g/mol. The van der Waals surface area contributed by atoms with Gasteiger partial charge in [-0.05, 0) is 23.6 Å². The summed E-state index contributed by atoms with van der Waals surface area (Å²) in [5.41, 5.74) is 1.30. The lowest BCUT2D eigenvalue weighted by Crippen LogP contribution is -2.44. The first-order chi connectivity index (χ1) is 14.2. The molecule has 1 heterocycles. The number of nitrogens with zero attached hydrogens (tertiary/aromatic N) is 1. The molecule has 158 valence electrons. The van der Waals surface area contributed by atoms with Crippen molar-refractivity contribution in [1.82, 2.24) is 4.90 Å². The van der Waals surface area contributed by atoms with Crippen LogP contribution in [0.4, 0.5) is 0 Å². The Morgan fingerprint density at radius 3 is 2.07 bits per heavy atom. The van der Waals surface area contributed by atoms with E-state index in [4.69, 9.17) is 18.9 Å². The minimum atomic E-state index is 0.312. The summed E-state index contributed by atoms with van der Waals surface area (Å²) in [4.78, 5) is 2.47. The Morgan fingerprint density at radius 2 is 1.41 bits per heavy atom. The minimum Gasteiger partial charge on any atom is -0.487 e. The average Bonchev–Trinajstić information content (AvgIpc) is 2.74. The van der Waals surface area contributed by atoms with Gasteiger partial charge in [0.1, 0.15) is 13.2 Å². The summed E-state index contributed by atoms with van der Waals surface area (Å²) in [6.45, 7) is 9.68. The summed E-state index contributed by atoms with van der Waals surface area (Å²) < 4.78 is 23.6. The van der Waals surface area contributed by atoms with Crippen molar-refractivity contribution in [3.8, 4) is 11.5 Å². The quantitative estimate of drug-likeness (QED) is 0.780. The molecule has 29 heavy (non-hydrogen) atoms. The summed E-state index contributed by atoms with van der Waals surface area (Å²) >= 11 is 0. The van der Waals surface area contributed by atoms with Gasteiger partial charge in [-0.15, -0.1) is 0 Å². The average molecular weight is 400 g/mol. The SMILES string of the molecule is CC(C)[C@H]1COCCOc2ccccc2OCCOCCN1Cc1ccccc1. The lowest BCUT2D eigenvalue weighted by molar-refractivity contribution is 0.00845. The Bertz CT molecular complexity index is 707. The molecule has 0 radical (unpaired) electrons. The van der Waals surface area contributed by atoms with Crippen molar-refractivity contribution in [1.29, 1.82) is 0 Å². The largest absolute Gasteiger partial charge is 0.487 e. The summed E-state index contributed by atoms with van der Waals surface area (Å²) in [7, 11) is 0. The fourth-order valence-corrected chi connectivity index (χ4v) is 3.50. The van der Waals surface area contributed by atoms with Crippen molar-refractivity contribution in [2.45, 2.75) is 26.4 Å². The molecule has 0 saturated carbocycles. The lowest BCUT2D eigenvalue weighted by Gasteiger charge is -2.34. The van der Waals surface area contributed by atoms with Crippen molar-refractivity contribution in [2.75, 3.05) is 46.2 Å². The molecule has 1 atom stereocenters. The van der Waals surface area contributed by atoms with Crippen LogP contribution in [0.1, 0.15) is 19.4 Å². The van der Waals surface area contributed by atoms with E-state index in [0.29, 0.717) is 51.6 Å². The third kappa shape index (κ3) is 7.03. The van der Waals surface area contributed by atoms with Crippen LogP contribution < -0.4 is 9.47 Å². The zero-order valence-electron chi connectivity index (χ0n) is 17.6. The Balaban J connectivity index is 1.66. The van der Waals surface area contributed by atoms with Crippen LogP contribution in [0.2, 0.25) is 0 Å². The maximum atomic E-state index is 6.02. The van der Waals surface area contributed by atoms with Gasteiger partial charge in [-0.1, -0.05) is 56.3 Å². The normalized spacial score (nSPS) is 20.0. The predicted molar refractivity (Wildman–Crippen MR) is 115 cm³/mol. The molecule has 0 spiro atoms. The van der Waals surface area contributed by atoms with E-state index in [1.54, 1.807) is 0 Å². The second-order valence-corrected chi connectivity index (χ2v) is 7.60. The number of para-hydroxylation sites is 2. The molecule has 2 aromatic rings. The van der Waals surface area contributed by atoms with E-state index >= 15 is 0 Å². The van der Waals surface area contributed by atoms with E-state index in [-0.39, 0.29) is 0 Å². The highest BCUT2D eigenvalue weighted by Gasteiger charge is 2.22. The topological polar surface area (TPSA) is 40.2 Å². The van der Waals surface area contributed by atoms with Gasteiger partial charge < -0.3 is 18.9 Å². The molecule has 0 aromatic heterocycles. The molecule has 0 bridgehead atoms. The van der Waals surface area contributed by atoms with Crippen LogP contribution in [-0.2, 0) is 16.0 Å². The Kier molecular flexibility index (Phi) is 8.81. The van der Waals surface area contributed by atoms with E-state index in [2.05, 4.69) is 49.1 Å². The summed E-state index contributed by atoms with van der Waals surface area (Å²) in [6, 6.07) is 18.6. The molecule has 0 unspecified atom stereocenters. The van der Waals surface area contributed by atoms with Crippen LogP contribution in [-0.4, -0.2) is 57.1 Å². The van der Waals surface area contributed by atoms with Crippen LogP contribution in [0.25, 0.3) is 0 Å². The van der Waals surface area contributed by atoms with Crippen molar-refractivity contribution in [3.05, 3.63) is 60.2 Å². The molecule has 2 aromatic carbocycles. The molecular formula is C24H33NO4. The molecule has 0 amide bonds. The standard InChI is InChI=1S/C24H33NO4/c1-20(2)22-19-27-15-17-29-24-11-7-6-10-23(24)28-16-14-26-13-12-25(22)18-21-8-4-3-5-9-21/h3-11,20,22H,12-19H2,1-2H3/t22-/m1/s1. The van der Waals surface area contributed by atoms with Gasteiger partial charge in [0.05, 0.1) is 26.4 Å². The second-order valence-electron chi connectivity index (χ2n) is 7.60. The first kappa shape index (κ1) is 21.6. The highest BCUT2D eigenvalue weighted by Crippen LogP contribution is 2.26. The van der Waals surface area contributed by atoms with E-state index in [9.17, 15) is 0 Å². The molecule has 1 aliphatic heterocycles. The van der Waals surface area contributed by atoms with Gasteiger partial charge in [0.25, 0.3) is 0 Å². The van der Waals surface area contributed by atoms with Crippen LogP contribution in [0.5, 0.6) is 11.5 Å². The maximum Gasteiger partial charge on any atom is 0.161 e. The second kappa shape index (κ2) is 11.8. The van der Waals surface area contributed by atoms with Gasteiger partial charge in [0.2, 0.25) is 0 Å². The van der Waals surface area contributed by atoms with Gasteiger partial charge in [-0.25, -0.2) is 0 Å². The predicted octanol–water partition coefficient (Wildman–Crippen LogP) is 4.02. The zero-order valence-corrected chi connectivity index (χ0v) is 17.6. The van der Waals surface area contributed by atoms with Gasteiger partial charge >= 0.3 is 0 Å². The van der Waals surface area contributed by atoms with Crippen LogP contribution in [0, 0.1) is 5.92 Å². The smallest absolute Gasteiger partial charge is 0.161 e. The summed E-state index contributed by atoms with van der Waals surface area (Å²) in [5, 5.41) is 0. The first-order valence-corrected chi connectivity index (χ1v) is 10.5. The summed E-state index contributed by atoms with van der Waals surface area (Å²) in [6.07, 6.45) is 0. The molecule has 5 nitrogen and oxygen atoms in total. The number of hydrogen-bond donors (Lipinski definition) is 0. The number of rotatable bonds is 3. The van der Waals surface area contributed by atoms with Crippen LogP contribution in [0.15, 0.2) is 54.6 Å². The Hall–Kier alpha value is -2.08. The fourth-order valence-electron chi connectivity index (χ4n) is 3.50. The molecule has 1 aliphatic rings. The summed E-state index contributed by atoms with van der Waals surface area (Å²) in [5.74, 6) is 1.97. The molecule has 0 aliphatic carbocycles. The molecule has 0 saturated heterocycles. The van der Waals surface area contributed by atoms with E-state index < -0.39 is 0 Å². The minimum absolute atomic E-state index is 0.312. The highest BCUT2D eigenvalue weighted by atomic mass is 16.6. The highest BCUT2D eigenvalue weighted by molar-refractivity contribution is 5.39. The van der Waals surface area contributed by atoms with E-state index in [0.717, 1.165) is 24.6 Å². The van der Waals surface area contributed by atoms with Crippen LogP contribution in [0.3, 0.4) is 0 Å². The lowest BCUT2D eigenvalue weighted by atomic mass is 10.0. The van der Waals surface area contributed by atoms with Gasteiger partial charge in [0.15, 0.2) is 11.5 Å². The third-order valence-electron chi connectivity index (χ3n) is 5.10. The van der Waals surface area contributed by atoms with Crippen molar-refractivity contribution in [3.63, 3.8) is 0 Å². The number of fused-ring (bicyclic) bond motifs is 1. The van der Waals surface area contributed by atoms with Gasteiger partial charge in [0, 0.05) is 19.1 Å². The Morgan fingerprint density at radius 1 is 0.793 bits per heavy atom. The Labute approximate surface area is 174 Å². The van der Waals surface area contributed by atoms with Crippen molar-refractivity contribution in [2.24, 2.45) is 5.92 Å². The van der Waals surface area contributed by atoms with Crippen LogP contribution >= 0.6 is 0 Å².